The number of H-pyrrole nitrogens is 1. The molecule has 3 aromatic rings. The van der Waals surface area contributed by atoms with Gasteiger partial charge in [0, 0.05) is 6.20 Å². The van der Waals surface area contributed by atoms with Crippen LogP contribution in [0, 0.1) is 11.6 Å². The summed E-state index contributed by atoms with van der Waals surface area (Å²) in [5, 5.41) is 0.619. The number of aromatic amines is 1. The molecule has 7 heteroatoms. The topological polar surface area (TPSA) is 72.1 Å². The van der Waals surface area contributed by atoms with Crippen molar-refractivity contribution in [1.82, 2.24) is 9.97 Å². The fourth-order valence-corrected chi connectivity index (χ4v) is 3.01. The van der Waals surface area contributed by atoms with E-state index in [0.29, 0.717) is 23.7 Å². The Morgan fingerprint density at radius 2 is 2.04 bits per heavy atom. The van der Waals surface area contributed by atoms with E-state index in [9.17, 15) is 18.4 Å². The highest BCUT2D eigenvalue weighted by Gasteiger charge is 2.55. The van der Waals surface area contributed by atoms with Crippen molar-refractivity contribution < 1.29 is 18.3 Å². The second-order valence-corrected chi connectivity index (χ2v) is 6.35. The van der Waals surface area contributed by atoms with Crippen molar-refractivity contribution in [3.63, 3.8) is 0 Å². The average Bonchev–Trinajstić information content (AvgIpc) is 3.42. The predicted octanol–water partition coefficient (Wildman–Crippen LogP) is 2.98. The molecule has 1 saturated carbocycles. The van der Waals surface area contributed by atoms with Gasteiger partial charge >= 0.3 is 5.97 Å². The lowest BCUT2D eigenvalue weighted by molar-refractivity contribution is -0.148. The number of hydrogen-bond acceptors (Lipinski definition) is 4. The molecule has 1 aliphatic rings. The molecule has 0 unspecified atom stereocenters. The van der Waals surface area contributed by atoms with Crippen LogP contribution in [-0.2, 0) is 21.6 Å². The monoisotopic (exact) mass is 356 g/mol. The first kappa shape index (κ1) is 16.4. The van der Waals surface area contributed by atoms with E-state index in [2.05, 4.69) is 9.97 Å². The van der Waals surface area contributed by atoms with E-state index in [1.54, 1.807) is 6.07 Å². The van der Waals surface area contributed by atoms with Crippen LogP contribution in [0.2, 0.25) is 0 Å². The summed E-state index contributed by atoms with van der Waals surface area (Å²) >= 11 is 0. The Morgan fingerprint density at radius 1 is 1.23 bits per heavy atom. The zero-order valence-corrected chi connectivity index (χ0v) is 13.6. The first-order valence-electron chi connectivity index (χ1n) is 8.09. The van der Waals surface area contributed by atoms with E-state index in [1.807, 2.05) is 0 Å². The highest BCUT2D eigenvalue weighted by Crippen LogP contribution is 2.49. The summed E-state index contributed by atoms with van der Waals surface area (Å²) in [6, 6.07) is 8.27. The molecular weight excluding hydrogens is 342 g/mol. The zero-order chi connectivity index (χ0) is 18.3. The SMILES string of the molecule is O=C(OCc1cc2ccc(F)cc2[nH]c1=O)C1(c2ncccc2F)CC1. The van der Waals surface area contributed by atoms with E-state index in [0.717, 1.165) is 0 Å². The first-order chi connectivity index (χ1) is 12.5. The first-order valence-corrected chi connectivity index (χ1v) is 8.09. The number of nitrogens with zero attached hydrogens (tertiary/aromatic N) is 1. The predicted molar refractivity (Wildman–Crippen MR) is 89.4 cm³/mol. The Hall–Kier alpha value is -3.09. The molecule has 2 aromatic heterocycles. The molecule has 1 fully saturated rings. The fraction of sp³-hybridized carbons (Fsp3) is 0.211. The number of rotatable bonds is 4. The van der Waals surface area contributed by atoms with Gasteiger partial charge in [-0.1, -0.05) is 0 Å². The molecule has 0 saturated heterocycles. The highest BCUT2D eigenvalue weighted by atomic mass is 19.1. The Morgan fingerprint density at radius 3 is 2.77 bits per heavy atom. The summed E-state index contributed by atoms with van der Waals surface area (Å²) in [6.07, 6.45) is 2.33. The normalized spacial score (nSPS) is 15.0. The highest BCUT2D eigenvalue weighted by molar-refractivity contribution is 5.86. The van der Waals surface area contributed by atoms with Crippen molar-refractivity contribution in [2.75, 3.05) is 0 Å². The Balaban J connectivity index is 1.56. The van der Waals surface area contributed by atoms with Gasteiger partial charge < -0.3 is 9.72 Å². The number of nitrogens with one attached hydrogen (secondary N) is 1. The lowest BCUT2D eigenvalue weighted by atomic mass is 10.0. The Labute approximate surface area is 146 Å². The largest absolute Gasteiger partial charge is 0.460 e. The summed E-state index contributed by atoms with van der Waals surface area (Å²) in [6.45, 7) is -0.252. The molecule has 2 heterocycles. The molecule has 1 N–H and O–H groups in total. The van der Waals surface area contributed by atoms with Crippen LogP contribution in [0.4, 0.5) is 8.78 Å². The molecule has 132 valence electrons. The molecule has 5 nitrogen and oxygen atoms in total. The number of esters is 1. The molecule has 0 amide bonds. The number of fused-ring (bicyclic) bond motifs is 1. The van der Waals surface area contributed by atoms with Crippen molar-refractivity contribution in [1.29, 1.82) is 0 Å². The molecule has 26 heavy (non-hydrogen) atoms. The van der Waals surface area contributed by atoms with E-state index in [1.165, 1.54) is 36.5 Å². The van der Waals surface area contributed by atoms with Gasteiger partial charge in [0.05, 0.1) is 16.8 Å². The number of hydrogen-bond donors (Lipinski definition) is 1. The van der Waals surface area contributed by atoms with Gasteiger partial charge in [0.15, 0.2) is 0 Å². The maximum absolute atomic E-state index is 14.0. The molecule has 1 aliphatic carbocycles. The summed E-state index contributed by atoms with van der Waals surface area (Å²) in [5.41, 5.74) is -0.871. The molecule has 0 radical (unpaired) electrons. The van der Waals surface area contributed by atoms with Gasteiger partial charge in [-0.3, -0.25) is 14.6 Å². The average molecular weight is 356 g/mol. The van der Waals surface area contributed by atoms with E-state index >= 15 is 0 Å². The van der Waals surface area contributed by atoms with Crippen molar-refractivity contribution in [2.45, 2.75) is 24.9 Å². The number of pyridine rings is 2. The van der Waals surface area contributed by atoms with Gasteiger partial charge in [-0.2, -0.15) is 0 Å². The molecule has 0 atom stereocenters. The van der Waals surface area contributed by atoms with Crippen LogP contribution < -0.4 is 5.56 Å². The third-order valence-electron chi connectivity index (χ3n) is 4.60. The summed E-state index contributed by atoms with van der Waals surface area (Å²) < 4.78 is 32.5. The minimum atomic E-state index is -1.07. The van der Waals surface area contributed by atoms with Crippen LogP contribution in [0.25, 0.3) is 10.9 Å². The Kier molecular flexibility index (Phi) is 3.79. The maximum atomic E-state index is 14.0. The van der Waals surface area contributed by atoms with Gasteiger partial charge in [0.2, 0.25) is 0 Å². The molecular formula is C19H14F2N2O3. The van der Waals surface area contributed by atoms with Crippen molar-refractivity contribution in [3.05, 3.63) is 75.8 Å². The summed E-state index contributed by atoms with van der Waals surface area (Å²) in [7, 11) is 0. The zero-order valence-electron chi connectivity index (χ0n) is 13.6. The molecule has 4 rings (SSSR count). The number of ether oxygens (including phenoxy) is 1. The number of carbonyl (C=O) groups excluding carboxylic acids is 1. The van der Waals surface area contributed by atoms with Crippen LogP contribution in [-0.4, -0.2) is 15.9 Å². The van der Waals surface area contributed by atoms with E-state index in [4.69, 9.17) is 4.74 Å². The van der Waals surface area contributed by atoms with Crippen LogP contribution in [0.3, 0.4) is 0 Å². The van der Waals surface area contributed by atoms with Crippen LogP contribution in [0.5, 0.6) is 0 Å². The molecule has 0 spiro atoms. The third-order valence-corrected chi connectivity index (χ3v) is 4.60. The van der Waals surface area contributed by atoms with Crippen molar-refractivity contribution >= 4 is 16.9 Å². The second-order valence-electron chi connectivity index (χ2n) is 6.35. The second kappa shape index (κ2) is 6.01. The van der Waals surface area contributed by atoms with Gasteiger partial charge in [0.25, 0.3) is 5.56 Å². The fourth-order valence-electron chi connectivity index (χ4n) is 3.01. The number of halogens is 2. The van der Waals surface area contributed by atoms with Crippen molar-refractivity contribution in [3.8, 4) is 0 Å². The van der Waals surface area contributed by atoms with Crippen LogP contribution >= 0.6 is 0 Å². The summed E-state index contributed by atoms with van der Waals surface area (Å²) in [5.74, 6) is -1.61. The lowest BCUT2D eigenvalue weighted by Crippen LogP contribution is -2.26. The smallest absolute Gasteiger partial charge is 0.318 e. The summed E-state index contributed by atoms with van der Waals surface area (Å²) in [4.78, 5) is 31.1. The minimum Gasteiger partial charge on any atom is -0.460 e. The lowest BCUT2D eigenvalue weighted by Gasteiger charge is -2.14. The molecule has 0 aliphatic heterocycles. The number of aromatic nitrogens is 2. The van der Waals surface area contributed by atoms with Crippen LogP contribution in [0.1, 0.15) is 24.1 Å². The Bertz CT molecular complexity index is 1070. The van der Waals surface area contributed by atoms with Crippen molar-refractivity contribution in [2.24, 2.45) is 0 Å². The number of carbonyl (C=O) groups is 1. The third kappa shape index (κ3) is 2.75. The van der Waals surface area contributed by atoms with Gasteiger partial charge in [-0.15, -0.1) is 0 Å². The van der Waals surface area contributed by atoms with Gasteiger partial charge in [-0.25, -0.2) is 8.78 Å². The van der Waals surface area contributed by atoms with E-state index < -0.39 is 28.6 Å². The van der Waals surface area contributed by atoms with Gasteiger partial charge in [0.1, 0.15) is 23.7 Å². The van der Waals surface area contributed by atoms with E-state index in [-0.39, 0.29) is 17.9 Å². The molecule has 0 bridgehead atoms. The maximum Gasteiger partial charge on any atom is 0.318 e. The van der Waals surface area contributed by atoms with Gasteiger partial charge in [-0.05, 0) is 54.6 Å². The quantitative estimate of drug-likeness (QED) is 0.730. The number of benzene rings is 1. The molecule has 1 aromatic carbocycles. The minimum absolute atomic E-state index is 0.0768. The standard InChI is InChI=1S/C19H14F2N2O3/c20-13-4-3-11-8-12(17(24)23-15(11)9-13)10-26-18(25)19(5-6-19)16-14(21)2-1-7-22-16/h1-4,7-9H,5-6,10H2,(H,23,24). The van der Waals surface area contributed by atoms with Crippen LogP contribution in [0.15, 0.2) is 47.4 Å².